The molecule has 0 saturated heterocycles. The van der Waals surface area contributed by atoms with Crippen molar-refractivity contribution in [2.24, 2.45) is 0 Å². The first-order chi connectivity index (χ1) is 8.47. The van der Waals surface area contributed by atoms with E-state index in [0.29, 0.717) is 28.7 Å². The van der Waals surface area contributed by atoms with Crippen LogP contribution in [0.15, 0.2) is 18.2 Å². The number of rotatable bonds is 3. The fourth-order valence-corrected chi connectivity index (χ4v) is 2.35. The lowest BCUT2D eigenvalue weighted by molar-refractivity contribution is -0.146. The summed E-state index contributed by atoms with van der Waals surface area (Å²) in [7, 11) is 0. The molecular formula is C13H14FNO3. The first-order valence-corrected chi connectivity index (χ1v) is 5.66. The maximum Gasteiger partial charge on any atom is 0.337 e. The van der Waals surface area contributed by atoms with Crippen molar-refractivity contribution in [1.29, 1.82) is 0 Å². The van der Waals surface area contributed by atoms with Gasteiger partial charge in [-0.25, -0.2) is 9.18 Å². The minimum absolute atomic E-state index is 0.333. The monoisotopic (exact) mass is 251 g/mol. The van der Waals surface area contributed by atoms with Crippen molar-refractivity contribution in [1.82, 2.24) is 4.57 Å². The lowest BCUT2D eigenvalue weighted by Crippen LogP contribution is -2.11. The molecule has 0 bridgehead atoms. The van der Waals surface area contributed by atoms with E-state index < -0.39 is 12.1 Å². The number of aliphatic hydroxyl groups excluding tert-OH is 1. The molecule has 5 heteroatoms. The highest BCUT2D eigenvalue weighted by atomic mass is 19.1. The summed E-state index contributed by atoms with van der Waals surface area (Å²) < 4.78 is 15.1. The molecule has 0 fully saturated rings. The highest BCUT2D eigenvalue weighted by Crippen LogP contribution is 2.31. The number of halogens is 1. The molecule has 18 heavy (non-hydrogen) atoms. The number of aliphatic hydroxyl groups is 1. The lowest BCUT2D eigenvalue weighted by atomic mass is 10.1. The minimum Gasteiger partial charge on any atom is -0.479 e. The molecule has 96 valence electrons. The van der Waals surface area contributed by atoms with E-state index in [4.69, 9.17) is 5.11 Å². The molecule has 1 heterocycles. The van der Waals surface area contributed by atoms with E-state index in [1.54, 1.807) is 11.5 Å². The third-order valence-corrected chi connectivity index (χ3v) is 3.16. The highest BCUT2D eigenvalue weighted by molar-refractivity contribution is 5.90. The van der Waals surface area contributed by atoms with Gasteiger partial charge in [-0.2, -0.15) is 0 Å². The Morgan fingerprint density at radius 3 is 2.72 bits per heavy atom. The summed E-state index contributed by atoms with van der Waals surface area (Å²) in [6, 6.07) is 4.12. The van der Waals surface area contributed by atoms with Crippen molar-refractivity contribution in [2.45, 2.75) is 26.5 Å². The number of nitrogens with zero attached hydrogens (tertiary/aromatic N) is 1. The molecule has 2 rings (SSSR count). The molecule has 1 aromatic heterocycles. The second kappa shape index (κ2) is 4.42. The lowest BCUT2D eigenvalue weighted by Gasteiger charge is -2.07. The molecule has 0 aliphatic carbocycles. The van der Waals surface area contributed by atoms with Gasteiger partial charge in [0.25, 0.3) is 0 Å². The number of carbonyl (C=O) groups is 1. The van der Waals surface area contributed by atoms with E-state index >= 15 is 0 Å². The Labute approximate surface area is 103 Å². The van der Waals surface area contributed by atoms with Crippen LogP contribution >= 0.6 is 0 Å². The average molecular weight is 251 g/mol. The maximum atomic E-state index is 13.3. The molecule has 0 saturated carbocycles. The van der Waals surface area contributed by atoms with Gasteiger partial charge in [-0.1, -0.05) is 0 Å². The second-order valence-corrected chi connectivity index (χ2v) is 4.15. The van der Waals surface area contributed by atoms with Crippen molar-refractivity contribution >= 4 is 16.9 Å². The summed E-state index contributed by atoms with van der Waals surface area (Å²) in [6.07, 6.45) is -1.59. The van der Waals surface area contributed by atoms with Gasteiger partial charge in [-0.05, 0) is 32.0 Å². The van der Waals surface area contributed by atoms with Gasteiger partial charge in [0.05, 0.1) is 5.52 Å². The third kappa shape index (κ3) is 1.76. The number of carboxylic acids is 1. The smallest absolute Gasteiger partial charge is 0.337 e. The summed E-state index contributed by atoms with van der Waals surface area (Å²) in [4.78, 5) is 10.9. The number of aliphatic carboxylic acids is 1. The van der Waals surface area contributed by atoms with Gasteiger partial charge >= 0.3 is 5.97 Å². The van der Waals surface area contributed by atoms with Gasteiger partial charge < -0.3 is 14.8 Å². The van der Waals surface area contributed by atoms with Crippen LogP contribution < -0.4 is 0 Å². The Morgan fingerprint density at radius 1 is 1.50 bits per heavy atom. The minimum atomic E-state index is -1.59. The van der Waals surface area contributed by atoms with Crippen LogP contribution in [0.25, 0.3) is 10.9 Å². The Morgan fingerprint density at radius 2 is 2.17 bits per heavy atom. The summed E-state index contributed by atoms with van der Waals surface area (Å²) in [5, 5.41) is 19.2. The molecule has 4 nitrogen and oxygen atoms in total. The second-order valence-electron chi connectivity index (χ2n) is 4.15. The van der Waals surface area contributed by atoms with Gasteiger partial charge in [0.15, 0.2) is 6.10 Å². The Bertz CT molecular complexity index is 618. The summed E-state index contributed by atoms with van der Waals surface area (Å²) >= 11 is 0. The van der Waals surface area contributed by atoms with Crippen LogP contribution in [-0.2, 0) is 11.3 Å². The molecule has 0 spiro atoms. The Kier molecular flexibility index (Phi) is 3.09. The molecule has 1 aromatic carbocycles. The van der Waals surface area contributed by atoms with E-state index in [-0.39, 0.29) is 5.82 Å². The van der Waals surface area contributed by atoms with E-state index in [1.807, 2.05) is 6.92 Å². The largest absolute Gasteiger partial charge is 0.479 e. The van der Waals surface area contributed by atoms with E-state index in [0.717, 1.165) is 0 Å². The van der Waals surface area contributed by atoms with Crippen molar-refractivity contribution < 1.29 is 19.4 Å². The first-order valence-electron chi connectivity index (χ1n) is 5.66. The molecule has 1 atom stereocenters. The zero-order valence-electron chi connectivity index (χ0n) is 10.1. The SMILES string of the molecule is CCn1c(C)c(C(O)C(=O)O)c2ccc(F)cc21. The molecule has 0 aliphatic rings. The van der Waals surface area contributed by atoms with Gasteiger partial charge in [-0.3, -0.25) is 0 Å². The highest BCUT2D eigenvalue weighted by Gasteiger charge is 2.24. The van der Waals surface area contributed by atoms with Crippen molar-refractivity contribution in [3.8, 4) is 0 Å². The molecule has 2 N–H and O–H groups in total. The molecule has 2 aromatic rings. The normalized spacial score (nSPS) is 12.9. The van der Waals surface area contributed by atoms with Gasteiger partial charge in [-0.15, -0.1) is 0 Å². The predicted octanol–water partition coefficient (Wildman–Crippen LogP) is 2.23. The number of fused-ring (bicyclic) bond motifs is 1. The van der Waals surface area contributed by atoms with Gasteiger partial charge in [0, 0.05) is 23.2 Å². The quantitative estimate of drug-likeness (QED) is 0.879. The predicted molar refractivity (Wildman–Crippen MR) is 64.9 cm³/mol. The van der Waals surface area contributed by atoms with Crippen molar-refractivity contribution in [3.63, 3.8) is 0 Å². The van der Waals surface area contributed by atoms with Crippen LogP contribution in [0.1, 0.15) is 24.3 Å². The fourth-order valence-electron chi connectivity index (χ4n) is 2.35. The van der Waals surface area contributed by atoms with Crippen LogP contribution in [-0.4, -0.2) is 20.7 Å². The van der Waals surface area contributed by atoms with E-state index in [1.165, 1.54) is 18.2 Å². The summed E-state index contributed by atoms with van der Waals surface area (Å²) in [5.41, 5.74) is 1.58. The van der Waals surface area contributed by atoms with E-state index in [9.17, 15) is 14.3 Å². The van der Waals surface area contributed by atoms with E-state index in [2.05, 4.69) is 0 Å². The zero-order chi connectivity index (χ0) is 13.4. The fraction of sp³-hybridized carbons (Fsp3) is 0.308. The third-order valence-electron chi connectivity index (χ3n) is 3.16. The number of aromatic nitrogens is 1. The number of benzene rings is 1. The number of hydrogen-bond donors (Lipinski definition) is 2. The molecular weight excluding hydrogens is 237 g/mol. The van der Waals surface area contributed by atoms with Gasteiger partial charge in [0.1, 0.15) is 5.82 Å². The molecule has 1 unspecified atom stereocenters. The van der Waals surface area contributed by atoms with Crippen LogP contribution in [0.4, 0.5) is 4.39 Å². The van der Waals surface area contributed by atoms with Crippen molar-refractivity contribution in [3.05, 3.63) is 35.3 Å². The summed E-state index contributed by atoms with van der Waals surface area (Å²) in [5.74, 6) is -1.69. The first kappa shape index (κ1) is 12.6. The number of carboxylic acid groups (broad SMARTS) is 1. The summed E-state index contributed by atoms with van der Waals surface area (Å²) in [6.45, 7) is 4.19. The van der Waals surface area contributed by atoms with Gasteiger partial charge in [0.2, 0.25) is 0 Å². The molecule has 0 aliphatic heterocycles. The van der Waals surface area contributed by atoms with Crippen LogP contribution in [0.3, 0.4) is 0 Å². The maximum absolute atomic E-state index is 13.3. The Hall–Kier alpha value is -1.88. The topological polar surface area (TPSA) is 62.5 Å². The average Bonchev–Trinajstić information content (AvgIpc) is 2.59. The van der Waals surface area contributed by atoms with Crippen LogP contribution in [0, 0.1) is 12.7 Å². The van der Waals surface area contributed by atoms with Crippen LogP contribution in [0.2, 0.25) is 0 Å². The standard InChI is InChI=1S/C13H14FNO3/c1-3-15-7(2)11(12(16)13(17)18)9-5-4-8(14)6-10(9)15/h4-6,12,16H,3H2,1-2H3,(H,17,18). The Balaban J connectivity index is 2.81. The molecule has 0 radical (unpaired) electrons. The number of hydrogen-bond acceptors (Lipinski definition) is 2. The molecule has 0 amide bonds. The number of aryl methyl sites for hydroxylation is 1. The zero-order valence-corrected chi connectivity index (χ0v) is 10.1. The van der Waals surface area contributed by atoms with Crippen LogP contribution in [0.5, 0.6) is 0 Å². The van der Waals surface area contributed by atoms with Crippen molar-refractivity contribution in [2.75, 3.05) is 0 Å².